The predicted molar refractivity (Wildman–Crippen MR) is 57.5 cm³/mol. The van der Waals surface area contributed by atoms with Crippen LogP contribution in [0, 0.1) is 19.3 Å². The number of carbonyl (C=O) groups excluding carboxylic acids is 1. The third-order valence-corrected chi connectivity index (χ3v) is 2.65. The molecule has 1 rings (SSSR count). The summed E-state index contributed by atoms with van der Waals surface area (Å²) in [5.41, 5.74) is 1.56. The summed E-state index contributed by atoms with van der Waals surface area (Å²) in [6, 6.07) is 0. The molecule has 1 heterocycles. The molecule has 1 aromatic rings. The molecule has 0 aliphatic carbocycles. The lowest BCUT2D eigenvalue weighted by Gasteiger charge is -2.22. The molecular formula is C11H18N2O2. The van der Waals surface area contributed by atoms with Gasteiger partial charge in [-0.15, -0.1) is 0 Å². The fourth-order valence-electron chi connectivity index (χ4n) is 1.47. The summed E-state index contributed by atoms with van der Waals surface area (Å²) in [6.07, 6.45) is 1.76. The smallest absolute Gasteiger partial charge is 0.313 e. The molecule has 15 heavy (non-hydrogen) atoms. The van der Waals surface area contributed by atoms with Crippen LogP contribution < -0.4 is 0 Å². The molecule has 0 amide bonds. The summed E-state index contributed by atoms with van der Waals surface area (Å²) in [4.78, 5) is 15.7. The lowest BCUT2D eigenvalue weighted by atomic mass is 9.93. The molecule has 0 aromatic carbocycles. The monoisotopic (exact) mass is 210 g/mol. The van der Waals surface area contributed by atoms with E-state index in [0.29, 0.717) is 6.54 Å². The van der Waals surface area contributed by atoms with Crippen molar-refractivity contribution in [1.29, 1.82) is 0 Å². The Morgan fingerprint density at radius 3 is 2.53 bits per heavy atom. The highest BCUT2D eigenvalue weighted by molar-refractivity contribution is 5.75. The fourth-order valence-corrected chi connectivity index (χ4v) is 1.47. The van der Waals surface area contributed by atoms with Crippen LogP contribution in [0.2, 0.25) is 0 Å². The van der Waals surface area contributed by atoms with E-state index in [9.17, 15) is 4.79 Å². The third-order valence-electron chi connectivity index (χ3n) is 2.65. The maximum Gasteiger partial charge on any atom is 0.313 e. The van der Waals surface area contributed by atoms with E-state index in [0.717, 1.165) is 11.4 Å². The van der Waals surface area contributed by atoms with Gasteiger partial charge in [0.1, 0.15) is 0 Å². The zero-order chi connectivity index (χ0) is 11.6. The number of aryl methyl sites for hydroxylation is 1. The SMILES string of the molecule is COC(=O)C(C)(C)Cn1cnc(C)c1C. The van der Waals surface area contributed by atoms with Crippen LogP contribution >= 0.6 is 0 Å². The van der Waals surface area contributed by atoms with Crippen LogP contribution in [0.3, 0.4) is 0 Å². The molecular weight excluding hydrogens is 192 g/mol. The molecule has 1 aromatic heterocycles. The van der Waals surface area contributed by atoms with E-state index in [1.165, 1.54) is 7.11 Å². The number of carbonyl (C=O) groups is 1. The minimum absolute atomic E-state index is 0.201. The summed E-state index contributed by atoms with van der Waals surface area (Å²) in [5.74, 6) is -0.201. The molecule has 0 saturated heterocycles. The van der Waals surface area contributed by atoms with Crippen LogP contribution in [0.15, 0.2) is 6.33 Å². The van der Waals surface area contributed by atoms with Crippen molar-refractivity contribution in [3.8, 4) is 0 Å². The molecule has 0 atom stereocenters. The number of hydrogen-bond acceptors (Lipinski definition) is 3. The van der Waals surface area contributed by atoms with E-state index < -0.39 is 5.41 Å². The Morgan fingerprint density at radius 1 is 1.53 bits per heavy atom. The lowest BCUT2D eigenvalue weighted by molar-refractivity contribution is -0.151. The first kappa shape index (κ1) is 11.8. The largest absolute Gasteiger partial charge is 0.469 e. The predicted octanol–water partition coefficient (Wildman–Crippen LogP) is 1.70. The van der Waals surface area contributed by atoms with Crippen LogP contribution in [-0.2, 0) is 16.1 Å². The van der Waals surface area contributed by atoms with Gasteiger partial charge in [0, 0.05) is 12.2 Å². The Morgan fingerprint density at radius 2 is 2.13 bits per heavy atom. The van der Waals surface area contributed by atoms with Gasteiger partial charge in [-0.3, -0.25) is 4.79 Å². The first-order chi connectivity index (χ1) is 6.88. The lowest BCUT2D eigenvalue weighted by Crippen LogP contribution is -2.30. The van der Waals surface area contributed by atoms with Gasteiger partial charge in [-0.2, -0.15) is 0 Å². The highest BCUT2D eigenvalue weighted by Gasteiger charge is 2.29. The van der Waals surface area contributed by atoms with Gasteiger partial charge in [-0.05, 0) is 27.7 Å². The van der Waals surface area contributed by atoms with E-state index in [1.807, 2.05) is 32.3 Å². The van der Waals surface area contributed by atoms with Gasteiger partial charge in [-0.25, -0.2) is 4.98 Å². The quantitative estimate of drug-likeness (QED) is 0.713. The highest BCUT2D eigenvalue weighted by Crippen LogP contribution is 2.21. The number of rotatable bonds is 3. The van der Waals surface area contributed by atoms with E-state index in [-0.39, 0.29) is 5.97 Å². The summed E-state index contributed by atoms with van der Waals surface area (Å²) in [7, 11) is 1.41. The Bertz CT molecular complexity index is 367. The number of imidazole rings is 1. The van der Waals surface area contributed by atoms with E-state index in [2.05, 4.69) is 4.98 Å². The zero-order valence-electron chi connectivity index (χ0n) is 10.00. The molecule has 0 N–H and O–H groups in total. The van der Waals surface area contributed by atoms with Crippen LogP contribution in [0.4, 0.5) is 0 Å². The number of aromatic nitrogens is 2. The van der Waals surface area contributed by atoms with Gasteiger partial charge in [0.2, 0.25) is 0 Å². The minimum Gasteiger partial charge on any atom is -0.469 e. The Kier molecular flexibility index (Phi) is 3.17. The van der Waals surface area contributed by atoms with Gasteiger partial charge >= 0.3 is 5.97 Å². The molecule has 0 spiro atoms. The molecule has 0 saturated carbocycles. The van der Waals surface area contributed by atoms with Crippen LogP contribution in [0.5, 0.6) is 0 Å². The van der Waals surface area contributed by atoms with Crippen molar-refractivity contribution in [3.05, 3.63) is 17.7 Å². The summed E-state index contributed by atoms with van der Waals surface area (Å²) in [5, 5.41) is 0. The number of methoxy groups -OCH3 is 1. The first-order valence-electron chi connectivity index (χ1n) is 4.95. The number of esters is 1. The van der Waals surface area contributed by atoms with Gasteiger partial charge in [0.25, 0.3) is 0 Å². The zero-order valence-corrected chi connectivity index (χ0v) is 10.00. The molecule has 0 fully saturated rings. The Balaban J connectivity index is 2.86. The fraction of sp³-hybridized carbons (Fsp3) is 0.636. The molecule has 4 heteroatoms. The van der Waals surface area contributed by atoms with Crippen molar-refractivity contribution >= 4 is 5.97 Å². The maximum atomic E-state index is 11.5. The second-order valence-electron chi connectivity index (χ2n) is 4.42. The summed E-state index contributed by atoms with van der Waals surface area (Å²) in [6.45, 7) is 8.28. The van der Waals surface area contributed by atoms with Crippen LogP contribution in [-0.4, -0.2) is 22.6 Å². The standard InChI is InChI=1S/C11H18N2O2/c1-8-9(2)13(7-12-8)6-11(3,4)10(14)15-5/h7H,6H2,1-5H3. The van der Waals surface area contributed by atoms with Gasteiger partial charge in [0.05, 0.1) is 24.5 Å². The molecule has 84 valence electrons. The second-order valence-corrected chi connectivity index (χ2v) is 4.42. The molecule has 0 unspecified atom stereocenters. The Labute approximate surface area is 90.3 Å². The average molecular weight is 210 g/mol. The molecule has 0 bridgehead atoms. The average Bonchev–Trinajstić information content (AvgIpc) is 2.48. The van der Waals surface area contributed by atoms with Crippen LogP contribution in [0.1, 0.15) is 25.2 Å². The first-order valence-corrected chi connectivity index (χ1v) is 4.95. The van der Waals surface area contributed by atoms with Crippen molar-refractivity contribution in [1.82, 2.24) is 9.55 Å². The Hall–Kier alpha value is -1.32. The molecule has 0 aliphatic heterocycles. The summed E-state index contributed by atoms with van der Waals surface area (Å²) < 4.78 is 6.74. The number of hydrogen-bond donors (Lipinski definition) is 0. The normalized spacial score (nSPS) is 11.5. The molecule has 0 radical (unpaired) electrons. The number of ether oxygens (including phenoxy) is 1. The van der Waals surface area contributed by atoms with Crippen LogP contribution in [0.25, 0.3) is 0 Å². The summed E-state index contributed by atoms with van der Waals surface area (Å²) >= 11 is 0. The minimum atomic E-state index is -0.521. The highest BCUT2D eigenvalue weighted by atomic mass is 16.5. The van der Waals surface area contributed by atoms with Crippen molar-refractivity contribution < 1.29 is 9.53 Å². The van der Waals surface area contributed by atoms with Crippen molar-refractivity contribution in [2.75, 3.05) is 7.11 Å². The van der Waals surface area contributed by atoms with Gasteiger partial charge in [0.15, 0.2) is 0 Å². The number of nitrogens with zero attached hydrogens (tertiary/aromatic N) is 2. The molecule has 0 aliphatic rings. The van der Waals surface area contributed by atoms with Gasteiger partial charge < -0.3 is 9.30 Å². The van der Waals surface area contributed by atoms with Crippen molar-refractivity contribution in [2.24, 2.45) is 5.41 Å². The third kappa shape index (κ3) is 2.37. The van der Waals surface area contributed by atoms with E-state index >= 15 is 0 Å². The van der Waals surface area contributed by atoms with E-state index in [4.69, 9.17) is 4.74 Å². The second kappa shape index (κ2) is 4.04. The van der Waals surface area contributed by atoms with Crippen molar-refractivity contribution in [2.45, 2.75) is 34.2 Å². The topological polar surface area (TPSA) is 44.1 Å². The van der Waals surface area contributed by atoms with Gasteiger partial charge in [-0.1, -0.05) is 0 Å². The molecule has 4 nitrogen and oxygen atoms in total. The van der Waals surface area contributed by atoms with E-state index in [1.54, 1.807) is 6.33 Å². The van der Waals surface area contributed by atoms with Crippen molar-refractivity contribution in [3.63, 3.8) is 0 Å². The maximum absolute atomic E-state index is 11.5.